The minimum Gasteiger partial charge on any atom is -0.497 e. The number of aryl methyl sites for hydroxylation is 1. The molecule has 0 amide bonds. The van der Waals surface area contributed by atoms with Crippen molar-refractivity contribution in [2.45, 2.75) is 44.9 Å². The summed E-state index contributed by atoms with van der Waals surface area (Å²) in [6, 6.07) is 6.43. The van der Waals surface area contributed by atoms with E-state index >= 15 is 0 Å². The zero-order valence-electron chi connectivity index (χ0n) is 13.7. The van der Waals surface area contributed by atoms with Crippen molar-refractivity contribution < 1.29 is 14.7 Å². The fourth-order valence-corrected chi connectivity index (χ4v) is 5.38. The van der Waals surface area contributed by atoms with Crippen molar-refractivity contribution >= 4 is 11.5 Å². The van der Waals surface area contributed by atoms with Gasteiger partial charge in [-0.2, -0.15) is 0 Å². The maximum absolute atomic E-state index is 12.6. The van der Waals surface area contributed by atoms with E-state index in [1.165, 1.54) is 11.1 Å². The topological polar surface area (TPSA) is 58.9 Å². The number of carbonyl (C=O) groups excluding carboxylic acids is 1. The summed E-state index contributed by atoms with van der Waals surface area (Å²) in [6.07, 6.45) is 4.72. The van der Waals surface area contributed by atoms with Crippen molar-refractivity contribution in [2.75, 3.05) is 7.11 Å². The molecule has 0 saturated heterocycles. The van der Waals surface area contributed by atoms with Crippen LogP contribution in [0.1, 0.15) is 49.7 Å². The fraction of sp³-hybridized carbons (Fsp3) is 0.579. The highest BCUT2D eigenvalue weighted by molar-refractivity contribution is 6.43. The lowest BCUT2D eigenvalue weighted by Gasteiger charge is -2.47. The molecule has 3 aliphatic rings. The Hall–Kier alpha value is -1.84. The molecule has 4 nitrogen and oxygen atoms in total. The number of rotatable bonds is 1. The second-order valence-electron chi connectivity index (χ2n) is 7.52. The number of ketones is 1. The number of carbonyl (C=O) groups is 1. The van der Waals surface area contributed by atoms with Gasteiger partial charge in [-0.05, 0) is 66.7 Å². The summed E-state index contributed by atoms with van der Waals surface area (Å²) in [5, 5.41) is 12.5. The third kappa shape index (κ3) is 1.97. The molecule has 0 unspecified atom stereocenters. The van der Waals surface area contributed by atoms with E-state index in [-0.39, 0.29) is 11.2 Å². The minimum absolute atomic E-state index is 0.0731. The Morgan fingerprint density at radius 1 is 1.35 bits per heavy atom. The van der Waals surface area contributed by atoms with Gasteiger partial charge in [0.1, 0.15) is 11.5 Å². The van der Waals surface area contributed by atoms with Crippen LogP contribution in [-0.4, -0.2) is 23.8 Å². The van der Waals surface area contributed by atoms with Gasteiger partial charge in [0.15, 0.2) is 5.78 Å². The third-order valence-electron chi connectivity index (χ3n) is 6.64. The van der Waals surface area contributed by atoms with Crippen molar-refractivity contribution in [1.29, 1.82) is 0 Å². The molecule has 0 aliphatic heterocycles. The predicted octanol–water partition coefficient (Wildman–Crippen LogP) is 3.56. The number of nitrogens with zero attached hydrogens (tertiary/aromatic N) is 1. The van der Waals surface area contributed by atoms with Gasteiger partial charge in [-0.15, -0.1) is 0 Å². The molecule has 4 atom stereocenters. The van der Waals surface area contributed by atoms with Crippen LogP contribution in [-0.2, 0) is 11.2 Å². The van der Waals surface area contributed by atoms with E-state index in [2.05, 4.69) is 30.3 Å². The van der Waals surface area contributed by atoms with Gasteiger partial charge in [0.2, 0.25) is 0 Å². The highest BCUT2D eigenvalue weighted by Gasteiger charge is 2.57. The van der Waals surface area contributed by atoms with Crippen LogP contribution in [0, 0.1) is 17.3 Å². The maximum Gasteiger partial charge on any atom is 0.186 e. The Morgan fingerprint density at radius 3 is 2.91 bits per heavy atom. The molecule has 4 rings (SSSR count). The summed E-state index contributed by atoms with van der Waals surface area (Å²) in [5.41, 5.74) is 2.89. The molecule has 2 saturated carbocycles. The smallest absolute Gasteiger partial charge is 0.186 e. The fourth-order valence-electron chi connectivity index (χ4n) is 5.38. The molecule has 122 valence electrons. The van der Waals surface area contributed by atoms with Crippen LogP contribution >= 0.6 is 0 Å². The number of ether oxygens (including phenoxy) is 1. The lowest BCUT2D eigenvalue weighted by Crippen LogP contribution is -2.42. The van der Waals surface area contributed by atoms with Gasteiger partial charge in [0.05, 0.1) is 7.11 Å². The van der Waals surface area contributed by atoms with Crippen molar-refractivity contribution in [3.05, 3.63) is 29.3 Å². The van der Waals surface area contributed by atoms with E-state index in [1.807, 2.05) is 0 Å². The van der Waals surface area contributed by atoms with E-state index in [4.69, 9.17) is 9.94 Å². The Kier molecular flexibility index (Phi) is 3.26. The number of fused-ring (bicyclic) bond motifs is 5. The molecule has 4 heteroatoms. The van der Waals surface area contributed by atoms with Gasteiger partial charge in [-0.1, -0.05) is 18.1 Å². The summed E-state index contributed by atoms with van der Waals surface area (Å²) in [5.74, 6) is 2.35. The van der Waals surface area contributed by atoms with Crippen LogP contribution in [0.3, 0.4) is 0 Å². The van der Waals surface area contributed by atoms with Crippen molar-refractivity contribution in [1.82, 2.24) is 0 Å². The lowest BCUT2D eigenvalue weighted by molar-refractivity contribution is -0.125. The molecular weight excluding hydrogens is 290 g/mol. The standard InChI is InChI=1S/C19H23NO3/c1-19-8-7-14-13-6-4-12(23-2)9-11(13)3-5-15(14)16(19)10-17(20-22)18(19)21/h4,6,9,14-16,22H,3,5,7-8,10H2,1-2H3/b20-17+/t14-,15-,16+,19-/m1/s1. The van der Waals surface area contributed by atoms with Gasteiger partial charge >= 0.3 is 0 Å². The molecule has 0 bridgehead atoms. The Labute approximate surface area is 136 Å². The predicted molar refractivity (Wildman–Crippen MR) is 87.2 cm³/mol. The Balaban J connectivity index is 1.71. The normalized spacial score (nSPS) is 37.2. The van der Waals surface area contributed by atoms with Crippen molar-refractivity contribution in [2.24, 2.45) is 22.4 Å². The number of Topliss-reactive ketones (excluding diaryl/α,β-unsaturated/α-hetero) is 1. The van der Waals surface area contributed by atoms with Gasteiger partial charge in [-0.25, -0.2) is 0 Å². The van der Waals surface area contributed by atoms with E-state index in [1.54, 1.807) is 7.11 Å². The first-order valence-corrected chi connectivity index (χ1v) is 8.51. The zero-order chi connectivity index (χ0) is 16.2. The van der Waals surface area contributed by atoms with Crippen LogP contribution in [0.25, 0.3) is 0 Å². The Bertz CT molecular complexity index is 696. The highest BCUT2D eigenvalue weighted by Crippen LogP contribution is 2.59. The summed E-state index contributed by atoms with van der Waals surface area (Å²) < 4.78 is 5.36. The molecule has 1 aromatic carbocycles. The molecule has 3 aliphatic carbocycles. The van der Waals surface area contributed by atoms with Crippen LogP contribution in [0.5, 0.6) is 5.75 Å². The SMILES string of the molecule is COc1ccc2c(c1)CC[C@@H]1[C@@H]2CC[C@@]2(C)C(=O)/C(=N/O)C[C@@H]12. The quantitative estimate of drug-likeness (QED) is 0.637. The second-order valence-corrected chi connectivity index (χ2v) is 7.52. The van der Waals surface area contributed by atoms with E-state index < -0.39 is 0 Å². The number of methoxy groups -OCH3 is 1. The monoisotopic (exact) mass is 313 g/mol. The average molecular weight is 313 g/mol. The maximum atomic E-state index is 12.6. The number of benzene rings is 1. The Morgan fingerprint density at radius 2 is 2.17 bits per heavy atom. The second kappa shape index (κ2) is 5.08. The lowest BCUT2D eigenvalue weighted by atomic mass is 9.55. The number of oxime groups is 1. The first kappa shape index (κ1) is 14.7. The molecule has 0 heterocycles. The van der Waals surface area contributed by atoms with Gasteiger partial charge in [-0.3, -0.25) is 4.79 Å². The summed E-state index contributed by atoms with van der Waals surface area (Å²) in [6.45, 7) is 2.08. The van der Waals surface area contributed by atoms with Crippen LogP contribution < -0.4 is 4.74 Å². The largest absolute Gasteiger partial charge is 0.497 e. The molecule has 0 spiro atoms. The van der Waals surface area contributed by atoms with E-state index in [0.717, 1.165) is 31.4 Å². The molecule has 0 radical (unpaired) electrons. The third-order valence-corrected chi connectivity index (χ3v) is 6.64. The van der Waals surface area contributed by atoms with Gasteiger partial charge in [0, 0.05) is 11.8 Å². The molecule has 1 N–H and O–H groups in total. The molecule has 2 fully saturated rings. The summed E-state index contributed by atoms with van der Waals surface area (Å²) in [7, 11) is 1.71. The van der Waals surface area contributed by atoms with Crippen LogP contribution in [0.15, 0.2) is 23.4 Å². The number of hydrogen-bond donors (Lipinski definition) is 1. The molecular formula is C19H23NO3. The number of hydrogen-bond acceptors (Lipinski definition) is 4. The van der Waals surface area contributed by atoms with Crippen molar-refractivity contribution in [3.63, 3.8) is 0 Å². The summed E-state index contributed by atoms with van der Waals surface area (Å²) >= 11 is 0. The average Bonchev–Trinajstić information content (AvgIpc) is 2.85. The van der Waals surface area contributed by atoms with Gasteiger partial charge in [0.25, 0.3) is 0 Å². The van der Waals surface area contributed by atoms with Crippen LogP contribution in [0.2, 0.25) is 0 Å². The highest BCUT2D eigenvalue weighted by atomic mass is 16.5. The zero-order valence-corrected chi connectivity index (χ0v) is 13.7. The van der Waals surface area contributed by atoms with Crippen molar-refractivity contribution in [3.8, 4) is 5.75 Å². The first-order valence-electron chi connectivity index (χ1n) is 8.51. The molecule has 1 aromatic rings. The van der Waals surface area contributed by atoms with Crippen LogP contribution in [0.4, 0.5) is 0 Å². The minimum atomic E-state index is -0.327. The first-order chi connectivity index (χ1) is 11.1. The summed E-state index contributed by atoms with van der Waals surface area (Å²) in [4.78, 5) is 12.6. The van der Waals surface area contributed by atoms with E-state index in [9.17, 15) is 4.79 Å². The molecule has 0 aromatic heterocycles. The van der Waals surface area contributed by atoms with Gasteiger partial charge < -0.3 is 9.94 Å². The van der Waals surface area contributed by atoms with E-state index in [0.29, 0.717) is 29.9 Å². The molecule has 23 heavy (non-hydrogen) atoms.